The third-order valence-electron chi connectivity index (χ3n) is 9.53. The molecule has 0 radical (unpaired) electrons. The van der Waals surface area contributed by atoms with E-state index in [4.69, 9.17) is 4.42 Å². The molecule has 0 aliphatic heterocycles. The standard InChI is InChI=1S/C42H28N2OS/c1-2-10-27(11-3-1)44-37-15-7-4-12-31(37)34-24-28(18-21-38(34)44)43(29-19-22-40-35(25-29)32-13-5-8-16-39(32)45-40)30-20-23-42-36(26-30)33-14-6-9-17-41(33)46-42/h1-23,25-26,28H,24H2. The highest BCUT2D eigenvalue weighted by atomic mass is 32.1. The Morgan fingerprint density at radius 3 is 2.15 bits per heavy atom. The second kappa shape index (κ2) is 9.96. The molecule has 9 aromatic rings. The first-order valence-corrected chi connectivity index (χ1v) is 16.6. The molecule has 3 heterocycles. The smallest absolute Gasteiger partial charge is 0.135 e. The van der Waals surface area contributed by atoms with E-state index in [1.165, 1.54) is 53.7 Å². The molecule has 1 aliphatic carbocycles. The van der Waals surface area contributed by atoms with E-state index in [0.717, 1.165) is 34.0 Å². The summed E-state index contributed by atoms with van der Waals surface area (Å²) in [5.41, 5.74) is 9.25. The monoisotopic (exact) mass is 608 g/mol. The Morgan fingerprint density at radius 2 is 1.26 bits per heavy atom. The average molecular weight is 609 g/mol. The van der Waals surface area contributed by atoms with E-state index in [9.17, 15) is 0 Å². The maximum absolute atomic E-state index is 6.24. The minimum Gasteiger partial charge on any atom is -0.456 e. The molecule has 3 nitrogen and oxygen atoms in total. The number of nitrogens with zero attached hydrogens (tertiary/aromatic N) is 2. The first-order chi connectivity index (χ1) is 22.8. The number of furan rings is 1. The number of benzene rings is 6. The zero-order chi connectivity index (χ0) is 30.2. The zero-order valence-electron chi connectivity index (χ0n) is 24.9. The molecule has 0 saturated heterocycles. The summed E-state index contributed by atoms with van der Waals surface area (Å²) in [7, 11) is 0. The first-order valence-electron chi connectivity index (χ1n) is 15.8. The van der Waals surface area contributed by atoms with Crippen LogP contribution in [0.5, 0.6) is 0 Å². The van der Waals surface area contributed by atoms with Crippen molar-refractivity contribution in [2.75, 3.05) is 4.90 Å². The van der Waals surface area contributed by atoms with Gasteiger partial charge in [-0.1, -0.05) is 78.9 Å². The van der Waals surface area contributed by atoms with Gasteiger partial charge >= 0.3 is 0 Å². The Kier molecular flexibility index (Phi) is 5.57. The van der Waals surface area contributed by atoms with Crippen LogP contribution in [0.25, 0.3) is 64.8 Å². The van der Waals surface area contributed by atoms with Crippen molar-refractivity contribution < 1.29 is 4.42 Å². The van der Waals surface area contributed by atoms with Gasteiger partial charge in [-0.25, -0.2) is 0 Å². The molecule has 3 aromatic heterocycles. The van der Waals surface area contributed by atoms with Crippen molar-refractivity contribution in [3.05, 3.63) is 157 Å². The lowest BCUT2D eigenvalue weighted by Crippen LogP contribution is -2.33. The van der Waals surface area contributed by atoms with Crippen molar-refractivity contribution in [1.82, 2.24) is 4.57 Å². The number of hydrogen-bond donors (Lipinski definition) is 0. The zero-order valence-corrected chi connectivity index (χ0v) is 25.7. The van der Waals surface area contributed by atoms with Crippen LogP contribution in [0, 0.1) is 0 Å². The molecule has 0 saturated carbocycles. The quantitative estimate of drug-likeness (QED) is 0.198. The van der Waals surface area contributed by atoms with Crippen LogP contribution in [-0.4, -0.2) is 10.6 Å². The Balaban J connectivity index is 1.18. The first kappa shape index (κ1) is 25.7. The SMILES string of the molecule is C1=CC(N(c2ccc3oc4ccccc4c3c2)c2ccc3sc4ccccc4c3c2)Cc2c1n(-c1ccccc1)c1ccccc21. The number of anilines is 2. The summed E-state index contributed by atoms with van der Waals surface area (Å²) >= 11 is 1.86. The highest BCUT2D eigenvalue weighted by Gasteiger charge is 2.28. The van der Waals surface area contributed by atoms with Gasteiger partial charge in [-0.05, 0) is 84.8 Å². The Labute approximate surface area is 269 Å². The van der Waals surface area contributed by atoms with Crippen LogP contribution in [0.3, 0.4) is 0 Å². The summed E-state index contributed by atoms with van der Waals surface area (Å²) in [5.74, 6) is 0. The van der Waals surface area contributed by atoms with Gasteiger partial charge in [-0.15, -0.1) is 11.3 Å². The maximum atomic E-state index is 6.24. The van der Waals surface area contributed by atoms with Crippen LogP contribution < -0.4 is 4.90 Å². The molecule has 46 heavy (non-hydrogen) atoms. The lowest BCUT2D eigenvalue weighted by atomic mass is 9.94. The van der Waals surface area contributed by atoms with Gasteiger partial charge in [0.2, 0.25) is 0 Å². The topological polar surface area (TPSA) is 21.3 Å². The van der Waals surface area contributed by atoms with Gasteiger partial charge in [0.15, 0.2) is 0 Å². The molecule has 0 bridgehead atoms. The molecule has 218 valence electrons. The fraction of sp³-hybridized carbons (Fsp3) is 0.0476. The van der Waals surface area contributed by atoms with E-state index in [2.05, 4.69) is 155 Å². The van der Waals surface area contributed by atoms with Crippen LogP contribution >= 0.6 is 11.3 Å². The third-order valence-corrected chi connectivity index (χ3v) is 10.7. The molecule has 4 heteroatoms. The van der Waals surface area contributed by atoms with Gasteiger partial charge in [0.25, 0.3) is 0 Å². The Morgan fingerprint density at radius 1 is 0.587 bits per heavy atom. The molecule has 10 rings (SSSR count). The maximum Gasteiger partial charge on any atom is 0.135 e. The third kappa shape index (κ3) is 3.84. The summed E-state index contributed by atoms with van der Waals surface area (Å²) in [5, 5.41) is 6.21. The molecule has 0 N–H and O–H groups in total. The van der Waals surface area contributed by atoms with Gasteiger partial charge in [-0.2, -0.15) is 0 Å². The van der Waals surface area contributed by atoms with Gasteiger partial charge in [0, 0.05) is 59.1 Å². The fourth-order valence-corrected chi connectivity index (χ4v) is 8.57. The van der Waals surface area contributed by atoms with Crippen molar-refractivity contribution in [1.29, 1.82) is 0 Å². The van der Waals surface area contributed by atoms with E-state index in [1.54, 1.807) is 0 Å². The summed E-state index contributed by atoms with van der Waals surface area (Å²) in [6.45, 7) is 0. The van der Waals surface area contributed by atoms with Crippen LogP contribution in [0.1, 0.15) is 11.3 Å². The van der Waals surface area contributed by atoms with Crippen molar-refractivity contribution in [3.8, 4) is 5.69 Å². The predicted molar refractivity (Wildman–Crippen MR) is 195 cm³/mol. The van der Waals surface area contributed by atoms with Crippen LogP contribution in [0.2, 0.25) is 0 Å². The van der Waals surface area contributed by atoms with Crippen molar-refractivity contribution in [2.45, 2.75) is 12.5 Å². The summed E-state index contributed by atoms with van der Waals surface area (Å²) in [4.78, 5) is 2.53. The molecular weight excluding hydrogens is 581 g/mol. The van der Waals surface area contributed by atoms with E-state index >= 15 is 0 Å². The van der Waals surface area contributed by atoms with Crippen LogP contribution in [-0.2, 0) is 6.42 Å². The minimum absolute atomic E-state index is 0.112. The van der Waals surface area contributed by atoms with Gasteiger partial charge in [0.05, 0.1) is 11.6 Å². The second-order valence-corrected chi connectivity index (χ2v) is 13.2. The number of thiophene rings is 1. The number of rotatable bonds is 4. The van der Waals surface area contributed by atoms with Gasteiger partial charge < -0.3 is 13.9 Å². The van der Waals surface area contributed by atoms with Crippen molar-refractivity contribution >= 4 is 81.8 Å². The fourth-order valence-electron chi connectivity index (χ4n) is 7.49. The van der Waals surface area contributed by atoms with Gasteiger partial charge in [0.1, 0.15) is 11.2 Å². The molecule has 6 aromatic carbocycles. The molecular formula is C42H28N2OS. The van der Waals surface area contributed by atoms with E-state index in [-0.39, 0.29) is 6.04 Å². The van der Waals surface area contributed by atoms with Crippen molar-refractivity contribution in [3.63, 3.8) is 0 Å². The number of aromatic nitrogens is 1. The number of fused-ring (bicyclic) bond motifs is 9. The minimum atomic E-state index is 0.112. The van der Waals surface area contributed by atoms with Crippen LogP contribution in [0.15, 0.2) is 150 Å². The van der Waals surface area contributed by atoms with E-state index in [1.807, 2.05) is 17.4 Å². The average Bonchev–Trinajstić information content (AvgIpc) is 3.78. The van der Waals surface area contributed by atoms with E-state index in [0.29, 0.717) is 0 Å². The predicted octanol–water partition coefficient (Wildman–Crippen LogP) is 11.7. The molecule has 1 aliphatic rings. The second-order valence-electron chi connectivity index (χ2n) is 12.1. The summed E-state index contributed by atoms with van der Waals surface area (Å²) in [6, 6.07) is 50.4. The molecule has 0 fully saturated rings. The number of hydrogen-bond acceptors (Lipinski definition) is 3. The highest BCUT2D eigenvalue weighted by Crippen LogP contribution is 2.42. The summed E-state index contributed by atoms with van der Waals surface area (Å²) < 4.78 is 11.3. The lowest BCUT2D eigenvalue weighted by Gasteiger charge is -2.34. The Hall–Kier alpha value is -5.58. The highest BCUT2D eigenvalue weighted by molar-refractivity contribution is 7.25. The lowest BCUT2D eigenvalue weighted by molar-refractivity contribution is 0.669. The number of para-hydroxylation sites is 3. The molecule has 0 spiro atoms. The van der Waals surface area contributed by atoms with Gasteiger partial charge in [-0.3, -0.25) is 0 Å². The summed E-state index contributed by atoms with van der Waals surface area (Å²) in [6.07, 6.45) is 5.63. The van der Waals surface area contributed by atoms with Crippen LogP contribution in [0.4, 0.5) is 11.4 Å². The molecule has 0 amide bonds. The van der Waals surface area contributed by atoms with E-state index < -0.39 is 0 Å². The Bertz CT molecular complexity index is 2520. The normalized spacial score (nSPS) is 14.6. The molecule has 1 unspecified atom stereocenters. The largest absolute Gasteiger partial charge is 0.456 e. The molecule has 1 atom stereocenters. The van der Waals surface area contributed by atoms with Crippen molar-refractivity contribution in [2.24, 2.45) is 0 Å².